The molecule has 0 amide bonds. The third kappa shape index (κ3) is 2.72. The molecule has 0 bridgehead atoms. The number of benzene rings is 1. The Morgan fingerprint density at radius 1 is 1.46 bits per heavy atom. The van der Waals surface area contributed by atoms with E-state index in [2.05, 4.69) is 15.9 Å². The van der Waals surface area contributed by atoms with Crippen LogP contribution in [-0.2, 0) is 0 Å². The van der Waals surface area contributed by atoms with E-state index in [0.29, 0.717) is 5.56 Å². The van der Waals surface area contributed by atoms with Crippen LogP contribution in [0.1, 0.15) is 5.56 Å². The number of aromatic hydroxyl groups is 1. The molecule has 1 aromatic rings. The molecule has 0 heterocycles. The summed E-state index contributed by atoms with van der Waals surface area (Å²) in [5, 5.41) is 18.3. The van der Waals surface area contributed by atoms with Crippen LogP contribution in [0.4, 0.5) is 0 Å². The smallest absolute Gasteiger partial charge is 0.141 e. The lowest BCUT2D eigenvalue weighted by Gasteiger charge is -2.02. The van der Waals surface area contributed by atoms with Crippen molar-refractivity contribution >= 4 is 33.6 Å². The van der Waals surface area contributed by atoms with E-state index < -0.39 is 0 Å². The van der Waals surface area contributed by atoms with Gasteiger partial charge in [0.25, 0.3) is 0 Å². The molecule has 2 nitrogen and oxygen atoms in total. The number of phenolic OH excluding ortho intramolecular Hbond substituents is 1. The Labute approximate surface area is 89.6 Å². The molecule has 0 unspecified atom stereocenters. The monoisotopic (exact) mass is 262 g/mol. The summed E-state index contributed by atoms with van der Waals surface area (Å²) in [6, 6.07) is 3.32. The van der Waals surface area contributed by atoms with Crippen LogP contribution in [-0.4, -0.2) is 16.8 Å². The minimum Gasteiger partial charge on any atom is -0.506 e. The van der Waals surface area contributed by atoms with Crippen LogP contribution >= 0.6 is 27.5 Å². The molecular weight excluding hydrogens is 255 g/mol. The lowest BCUT2D eigenvalue weighted by atomic mass is 10.2. The Bertz CT molecular complexity index is 337. The summed E-state index contributed by atoms with van der Waals surface area (Å²) in [5.41, 5.74) is 0.577. The second kappa shape index (κ2) is 4.65. The molecule has 1 aromatic carbocycles. The molecule has 0 atom stereocenters. The average molecular weight is 264 g/mol. The number of aliphatic hydroxyl groups excluding tert-OH is 1. The van der Waals surface area contributed by atoms with Gasteiger partial charge in [0.2, 0.25) is 0 Å². The number of hydrogen-bond donors (Lipinski definition) is 2. The van der Waals surface area contributed by atoms with Crippen molar-refractivity contribution in [1.29, 1.82) is 0 Å². The van der Waals surface area contributed by atoms with E-state index in [-0.39, 0.29) is 17.4 Å². The van der Waals surface area contributed by atoms with E-state index in [1.807, 2.05) is 0 Å². The highest BCUT2D eigenvalue weighted by Gasteiger charge is 2.04. The molecule has 0 spiro atoms. The lowest BCUT2D eigenvalue weighted by molar-refractivity contribution is 0.343. The van der Waals surface area contributed by atoms with Gasteiger partial charge in [0.1, 0.15) is 5.75 Å². The van der Waals surface area contributed by atoms with Gasteiger partial charge in [0, 0.05) is 10.0 Å². The van der Waals surface area contributed by atoms with Crippen LogP contribution in [0.3, 0.4) is 0 Å². The van der Waals surface area contributed by atoms with Gasteiger partial charge >= 0.3 is 0 Å². The fourth-order valence-electron chi connectivity index (χ4n) is 0.893. The van der Waals surface area contributed by atoms with Crippen molar-refractivity contribution in [2.75, 3.05) is 6.61 Å². The molecular formula is C9H8BrClO2. The first kappa shape index (κ1) is 10.6. The fourth-order valence-corrected chi connectivity index (χ4v) is 1.73. The summed E-state index contributed by atoms with van der Waals surface area (Å²) in [6.45, 7) is -0.0659. The predicted molar refractivity (Wildman–Crippen MR) is 56.9 cm³/mol. The van der Waals surface area contributed by atoms with Crippen molar-refractivity contribution in [3.63, 3.8) is 0 Å². The minimum absolute atomic E-state index is 0.0227. The minimum atomic E-state index is -0.0659. The highest BCUT2D eigenvalue weighted by atomic mass is 79.9. The zero-order valence-electron chi connectivity index (χ0n) is 6.67. The first-order valence-corrected chi connectivity index (χ1v) is 4.77. The van der Waals surface area contributed by atoms with Gasteiger partial charge in [-0.2, -0.15) is 0 Å². The van der Waals surface area contributed by atoms with Crippen LogP contribution in [0.15, 0.2) is 22.7 Å². The molecule has 0 aliphatic carbocycles. The zero-order valence-corrected chi connectivity index (χ0v) is 9.01. The van der Waals surface area contributed by atoms with Gasteiger partial charge in [0.05, 0.1) is 11.6 Å². The maximum Gasteiger partial charge on any atom is 0.141 e. The van der Waals surface area contributed by atoms with Crippen molar-refractivity contribution in [2.45, 2.75) is 0 Å². The number of phenols is 1. The third-order valence-electron chi connectivity index (χ3n) is 1.46. The second-order valence-electron chi connectivity index (χ2n) is 2.41. The van der Waals surface area contributed by atoms with Crippen molar-refractivity contribution < 1.29 is 10.2 Å². The summed E-state index contributed by atoms with van der Waals surface area (Å²) in [7, 11) is 0. The standard InChI is InChI=1S/C9H8BrClO2/c10-7-4-6(2-1-3-12)9(13)8(11)5-7/h1-2,4-5,12-13H,3H2/b2-1-. The number of halogens is 2. The summed E-state index contributed by atoms with van der Waals surface area (Å²) in [5.74, 6) is 0.0227. The van der Waals surface area contributed by atoms with Gasteiger partial charge in [-0.1, -0.05) is 39.7 Å². The van der Waals surface area contributed by atoms with E-state index in [9.17, 15) is 5.11 Å². The van der Waals surface area contributed by atoms with Crippen LogP contribution in [0.25, 0.3) is 6.08 Å². The van der Waals surface area contributed by atoms with E-state index in [1.54, 1.807) is 18.2 Å². The Morgan fingerprint density at radius 2 is 2.15 bits per heavy atom. The van der Waals surface area contributed by atoms with Gasteiger partial charge in [-0.3, -0.25) is 0 Å². The van der Waals surface area contributed by atoms with Crippen molar-refractivity contribution in [1.82, 2.24) is 0 Å². The van der Waals surface area contributed by atoms with Crippen molar-refractivity contribution in [3.8, 4) is 5.75 Å². The van der Waals surface area contributed by atoms with E-state index in [0.717, 1.165) is 4.47 Å². The van der Waals surface area contributed by atoms with Crippen molar-refractivity contribution in [3.05, 3.63) is 33.3 Å². The molecule has 0 radical (unpaired) electrons. The van der Waals surface area contributed by atoms with E-state index in [4.69, 9.17) is 16.7 Å². The molecule has 0 saturated carbocycles. The molecule has 13 heavy (non-hydrogen) atoms. The Balaban J connectivity index is 3.12. The first-order chi connectivity index (χ1) is 6.15. The van der Waals surface area contributed by atoms with Gasteiger partial charge in [0.15, 0.2) is 0 Å². The summed E-state index contributed by atoms with van der Waals surface area (Å²) < 4.78 is 0.785. The third-order valence-corrected chi connectivity index (χ3v) is 2.21. The summed E-state index contributed by atoms with van der Waals surface area (Å²) >= 11 is 8.97. The SMILES string of the molecule is OC/C=C\c1cc(Br)cc(Cl)c1O. The quantitative estimate of drug-likeness (QED) is 0.861. The topological polar surface area (TPSA) is 40.5 Å². The van der Waals surface area contributed by atoms with E-state index in [1.165, 1.54) is 6.08 Å². The summed E-state index contributed by atoms with van der Waals surface area (Å²) in [4.78, 5) is 0. The average Bonchev–Trinajstić information content (AvgIpc) is 2.09. The molecule has 4 heteroatoms. The highest BCUT2D eigenvalue weighted by molar-refractivity contribution is 9.10. The van der Waals surface area contributed by atoms with Crippen LogP contribution < -0.4 is 0 Å². The van der Waals surface area contributed by atoms with Crippen LogP contribution in [0.2, 0.25) is 5.02 Å². The zero-order chi connectivity index (χ0) is 9.84. The van der Waals surface area contributed by atoms with Crippen LogP contribution in [0, 0.1) is 0 Å². The molecule has 1 rings (SSSR count). The van der Waals surface area contributed by atoms with Gasteiger partial charge < -0.3 is 10.2 Å². The molecule has 0 aliphatic heterocycles. The number of aliphatic hydroxyl groups is 1. The largest absolute Gasteiger partial charge is 0.506 e. The fraction of sp³-hybridized carbons (Fsp3) is 0.111. The number of hydrogen-bond acceptors (Lipinski definition) is 2. The molecule has 0 aliphatic rings. The number of rotatable bonds is 2. The van der Waals surface area contributed by atoms with Gasteiger partial charge in [-0.05, 0) is 12.1 Å². The first-order valence-electron chi connectivity index (χ1n) is 3.60. The molecule has 0 saturated heterocycles. The second-order valence-corrected chi connectivity index (χ2v) is 3.73. The lowest BCUT2D eigenvalue weighted by Crippen LogP contribution is -1.79. The van der Waals surface area contributed by atoms with Crippen LogP contribution in [0.5, 0.6) is 5.75 Å². The Kier molecular flexibility index (Phi) is 3.78. The molecule has 0 aromatic heterocycles. The van der Waals surface area contributed by atoms with E-state index >= 15 is 0 Å². The maximum atomic E-state index is 9.46. The molecule has 0 fully saturated rings. The van der Waals surface area contributed by atoms with Crippen molar-refractivity contribution in [2.24, 2.45) is 0 Å². The molecule has 2 N–H and O–H groups in total. The van der Waals surface area contributed by atoms with Gasteiger partial charge in [-0.25, -0.2) is 0 Å². The predicted octanol–water partition coefficient (Wildman–Crippen LogP) is 2.81. The summed E-state index contributed by atoms with van der Waals surface area (Å²) in [6.07, 6.45) is 3.13. The normalized spacial score (nSPS) is 11.0. The Morgan fingerprint density at radius 3 is 2.77 bits per heavy atom. The molecule has 70 valence electrons. The maximum absolute atomic E-state index is 9.46. The highest BCUT2D eigenvalue weighted by Crippen LogP contribution is 2.31. The Hall–Kier alpha value is -0.510. The van der Waals surface area contributed by atoms with Gasteiger partial charge in [-0.15, -0.1) is 0 Å².